The maximum atomic E-state index is 10.6. The van der Waals surface area contributed by atoms with Crippen LogP contribution < -0.4 is 4.74 Å². The maximum Gasteiger partial charge on any atom is 0.138 e. The topological polar surface area (TPSA) is 38.7 Å². The molecule has 0 unspecified atom stereocenters. The number of aromatic hydroxyl groups is 1. The van der Waals surface area contributed by atoms with Gasteiger partial charge in [-0.25, -0.2) is 0 Å². The summed E-state index contributed by atoms with van der Waals surface area (Å²) in [6, 6.07) is 33.9. The molecule has 0 amide bonds. The second-order valence-corrected chi connectivity index (χ2v) is 7.74. The fraction of sp³-hybridized carbons (Fsp3) is 0.133. The Balaban J connectivity index is 1.50. The highest BCUT2D eigenvalue weighted by molar-refractivity contribution is 5.79. The average molecular weight is 437 g/mol. The van der Waals surface area contributed by atoms with E-state index in [-0.39, 0.29) is 5.75 Å². The first-order valence-corrected chi connectivity index (χ1v) is 11.2. The standard InChI is InChI=1S/C30H28O3/c31-29-20-19-27(26-16-8-3-9-17-26)30(33-23-25-14-6-2-7-15-25)28(29)18-10-11-21-32-22-24-12-4-1-5-13-24/h1-10,12-20,31H,11,21-23H2. The van der Waals surface area contributed by atoms with Crippen molar-refractivity contribution >= 4 is 6.08 Å². The van der Waals surface area contributed by atoms with Crippen LogP contribution in [0.25, 0.3) is 17.2 Å². The van der Waals surface area contributed by atoms with Gasteiger partial charge in [0.05, 0.1) is 18.8 Å². The van der Waals surface area contributed by atoms with Crippen LogP contribution >= 0.6 is 0 Å². The number of hydrogen-bond donors (Lipinski definition) is 1. The van der Waals surface area contributed by atoms with Gasteiger partial charge in [-0.2, -0.15) is 0 Å². The Kier molecular flexibility index (Phi) is 7.93. The molecule has 4 aromatic carbocycles. The summed E-state index contributed by atoms with van der Waals surface area (Å²) >= 11 is 0. The van der Waals surface area contributed by atoms with Crippen LogP contribution in [0.3, 0.4) is 0 Å². The number of rotatable bonds is 10. The lowest BCUT2D eigenvalue weighted by Crippen LogP contribution is -1.99. The predicted molar refractivity (Wildman–Crippen MR) is 134 cm³/mol. The third-order valence-electron chi connectivity index (χ3n) is 5.31. The zero-order chi connectivity index (χ0) is 22.7. The Bertz CT molecular complexity index is 1150. The summed E-state index contributed by atoms with van der Waals surface area (Å²) in [5, 5.41) is 10.6. The molecule has 0 heterocycles. The summed E-state index contributed by atoms with van der Waals surface area (Å²) in [7, 11) is 0. The highest BCUT2D eigenvalue weighted by Crippen LogP contribution is 2.39. The van der Waals surface area contributed by atoms with E-state index in [1.807, 2.05) is 97.1 Å². The lowest BCUT2D eigenvalue weighted by molar-refractivity contribution is 0.125. The highest BCUT2D eigenvalue weighted by Gasteiger charge is 2.14. The molecule has 0 aliphatic heterocycles. The molecule has 0 aliphatic rings. The number of hydrogen-bond acceptors (Lipinski definition) is 3. The summed E-state index contributed by atoms with van der Waals surface area (Å²) in [4.78, 5) is 0. The first-order chi connectivity index (χ1) is 16.3. The normalized spacial score (nSPS) is 11.0. The average Bonchev–Trinajstić information content (AvgIpc) is 2.87. The Morgan fingerprint density at radius 2 is 1.27 bits per heavy atom. The Hall–Kier alpha value is -3.82. The van der Waals surface area contributed by atoms with Gasteiger partial charge in [-0.05, 0) is 35.2 Å². The van der Waals surface area contributed by atoms with Gasteiger partial charge in [0.25, 0.3) is 0 Å². The quantitative estimate of drug-likeness (QED) is 0.266. The van der Waals surface area contributed by atoms with Crippen LogP contribution in [-0.4, -0.2) is 11.7 Å². The molecule has 0 radical (unpaired) electrons. The minimum absolute atomic E-state index is 0.194. The lowest BCUT2D eigenvalue weighted by Gasteiger charge is -2.16. The Morgan fingerprint density at radius 1 is 0.667 bits per heavy atom. The summed E-state index contributed by atoms with van der Waals surface area (Å²) < 4.78 is 12.1. The molecule has 0 aliphatic carbocycles. The molecule has 1 N–H and O–H groups in total. The van der Waals surface area contributed by atoms with Crippen LogP contribution in [0.1, 0.15) is 23.1 Å². The van der Waals surface area contributed by atoms with Gasteiger partial charge in [-0.15, -0.1) is 0 Å². The van der Waals surface area contributed by atoms with E-state index in [0.717, 1.165) is 28.7 Å². The predicted octanol–water partition coefficient (Wildman–Crippen LogP) is 7.26. The third-order valence-corrected chi connectivity index (χ3v) is 5.31. The molecule has 33 heavy (non-hydrogen) atoms. The highest BCUT2D eigenvalue weighted by atomic mass is 16.5. The van der Waals surface area contributed by atoms with Crippen LogP contribution in [0, 0.1) is 0 Å². The van der Waals surface area contributed by atoms with E-state index < -0.39 is 0 Å². The van der Waals surface area contributed by atoms with E-state index in [1.54, 1.807) is 6.07 Å². The second-order valence-electron chi connectivity index (χ2n) is 7.74. The van der Waals surface area contributed by atoms with E-state index >= 15 is 0 Å². The van der Waals surface area contributed by atoms with Gasteiger partial charge in [-0.1, -0.05) is 103 Å². The third kappa shape index (κ3) is 6.34. The van der Waals surface area contributed by atoms with Crippen LogP contribution in [0.15, 0.2) is 109 Å². The van der Waals surface area contributed by atoms with E-state index in [2.05, 4.69) is 12.1 Å². The number of benzene rings is 4. The van der Waals surface area contributed by atoms with Gasteiger partial charge < -0.3 is 14.6 Å². The van der Waals surface area contributed by atoms with Gasteiger partial charge >= 0.3 is 0 Å². The number of ether oxygens (including phenoxy) is 2. The molecule has 0 saturated carbocycles. The van der Waals surface area contributed by atoms with Crippen molar-refractivity contribution < 1.29 is 14.6 Å². The molecule has 3 nitrogen and oxygen atoms in total. The molecule has 0 fully saturated rings. The molecule has 0 atom stereocenters. The number of phenolic OH excluding ortho intramolecular Hbond substituents is 1. The molecule has 0 aromatic heterocycles. The van der Waals surface area contributed by atoms with Crippen LogP contribution in [0.4, 0.5) is 0 Å². The van der Waals surface area contributed by atoms with Crippen molar-refractivity contribution in [3.63, 3.8) is 0 Å². The second kappa shape index (κ2) is 11.7. The SMILES string of the molecule is Oc1ccc(-c2ccccc2)c(OCc2ccccc2)c1C=CCCOCc1ccccc1. The smallest absolute Gasteiger partial charge is 0.138 e. The van der Waals surface area contributed by atoms with E-state index in [4.69, 9.17) is 9.47 Å². The lowest BCUT2D eigenvalue weighted by atomic mass is 10.00. The first kappa shape index (κ1) is 22.4. The molecule has 166 valence electrons. The molecule has 3 heteroatoms. The van der Waals surface area contributed by atoms with Gasteiger partial charge in [0.1, 0.15) is 18.1 Å². The molecule has 0 saturated heterocycles. The Labute approximate surface area is 195 Å². The summed E-state index contributed by atoms with van der Waals surface area (Å²) in [6.45, 7) is 1.62. The van der Waals surface area contributed by atoms with Crippen molar-refractivity contribution in [2.24, 2.45) is 0 Å². The first-order valence-electron chi connectivity index (χ1n) is 11.2. The minimum atomic E-state index is 0.194. The van der Waals surface area contributed by atoms with Gasteiger partial charge in [-0.3, -0.25) is 0 Å². The molecule has 4 aromatic rings. The van der Waals surface area contributed by atoms with Gasteiger partial charge in [0.15, 0.2) is 0 Å². The molecule has 0 bridgehead atoms. The van der Waals surface area contributed by atoms with Crippen molar-refractivity contribution in [3.05, 3.63) is 126 Å². The number of phenols is 1. The van der Waals surface area contributed by atoms with Crippen molar-refractivity contribution in [1.82, 2.24) is 0 Å². The summed E-state index contributed by atoms with van der Waals surface area (Å²) in [5.41, 5.74) is 4.90. The molecular weight excluding hydrogens is 408 g/mol. The van der Waals surface area contributed by atoms with Gasteiger partial charge in [0.2, 0.25) is 0 Å². The maximum absolute atomic E-state index is 10.6. The fourth-order valence-corrected chi connectivity index (χ4v) is 3.60. The zero-order valence-electron chi connectivity index (χ0n) is 18.6. The summed E-state index contributed by atoms with van der Waals surface area (Å²) in [6.07, 6.45) is 4.68. The van der Waals surface area contributed by atoms with Crippen molar-refractivity contribution in [2.75, 3.05) is 6.61 Å². The van der Waals surface area contributed by atoms with E-state index in [9.17, 15) is 5.11 Å². The van der Waals surface area contributed by atoms with Crippen LogP contribution in [0.5, 0.6) is 11.5 Å². The summed E-state index contributed by atoms with van der Waals surface area (Å²) in [5.74, 6) is 0.866. The van der Waals surface area contributed by atoms with Crippen molar-refractivity contribution in [1.29, 1.82) is 0 Å². The molecule has 4 rings (SSSR count). The monoisotopic (exact) mass is 436 g/mol. The van der Waals surface area contributed by atoms with Crippen LogP contribution in [0.2, 0.25) is 0 Å². The van der Waals surface area contributed by atoms with E-state index in [0.29, 0.717) is 31.1 Å². The van der Waals surface area contributed by atoms with Crippen molar-refractivity contribution in [2.45, 2.75) is 19.6 Å². The van der Waals surface area contributed by atoms with E-state index in [1.165, 1.54) is 0 Å². The van der Waals surface area contributed by atoms with Crippen LogP contribution in [-0.2, 0) is 18.0 Å². The van der Waals surface area contributed by atoms with Crippen molar-refractivity contribution in [3.8, 4) is 22.6 Å². The van der Waals surface area contributed by atoms with Gasteiger partial charge in [0, 0.05) is 5.56 Å². The molecular formula is C30H28O3. The molecule has 0 spiro atoms. The zero-order valence-corrected chi connectivity index (χ0v) is 18.6. The Morgan fingerprint density at radius 3 is 1.94 bits per heavy atom. The largest absolute Gasteiger partial charge is 0.507 e. The minimum Gasteiger partial charge on any atom is -0.507 e. The fourth-order valence-electron chi connectivity index (χ4n) is 3.60.